The van der Waals surface area contributed by atoms with Crippen LogP contribution in [0.5, 0.6) is 0 Å². The van der Waals surface area contributed by atoms with Crippen LogP contribution >= 0.6 is 0 Å². The third-order valence-electron chi connectivity index (χ3n) is 4.32. The van der Waals surface area contributed by atoms with Gasteiger partial charge in [0.25, 0.3) is 0 Å². The summed E-state index contributed by atoms with van der Waals surface area (Å²) in [6, 6.07) is 6.99. The van der Waals surface area contributed by atoms with Crippen molar-refractivity contribution in [3.8, 4) is 0 Å². The number of nitrogens with one attached hydrogen (secondary N) is 2. The molecule has 2 rings (SSSR count). The van der Waals surface area contributed by atoms with Gasteiger partial charge in [-0.1, -0.05) is 12.1 Å². The lowest BCUT2D eigenvalue weighted by atomic mass is 10.1. The van der Waals surface area contributed by atoms with Gasteiger partial charge in [-0.05, 0) is 43.4 Å². The normalized spacial score (nSPS) is 15.8. The van der Waals surface area contributed by atoms with Crippen molar-refractivity contribution in [3.05, 3.63) is 35.6 Å². The molecule has 7 heteroatoms. The average Bonchev–Trinajstić information content (AvgIpc) is 2.64. The molecule has 6 nitrogen and oxygen atoms in total. The molecular weight excluding hydrogens is 323 g/mol. The number of hydrogen-bond donors (Lipinski definition) is 2. The zero-order valence-corrected chi connectivity index (χ0v) is 14.9. The number of carbonyl (C=O) groups excluding carboxylic acids is 1. The molecule has 0 spiro atoms. The quantitative estimate of drug-likeness (QED) is 0.485. The van der Waals surface area contributed by atoms with Crippen LogP contribution in [0.2, 0.25) is 0 Å². The minimum atomic E-state index is -0.265. The number of aryl methyl sites for hydroxylation is 1. The van der Waals surface area contributed by atoms with Crippen LogP contribution in [0, 0.1) is 5.82 Å². The van der Waals surface area contributed by atoms with Gasteiger partial charge in [0.1, 0.15) is 5.82 Å². The SMILES string of the molecule is CN=C(NCCCc1cccc(F)c1)NC1CCN(C(=O)OC)CC1. The topological polar surface area (TPSA) is 66.0 Å². The van der Waals surface area contributed by atoms with Crippen molar-refractivity contribution in [1.29, 1.82) is 0 Å². The van der Waals surface area contributed by atoms with Crippen LogP contribution in [0.15, 0.2) is 29.3 Å². The summed E-state index contributed by atoms with van der Waals surface area (Å²) in [7, 11) is 3.15. The largest absolute Gasteiger partial charge is 0.453 e. The maximum atomic E-state index is 13.1. The van der Waals surface area contributed by atoms with E-state index in [9.17, 15) is 9.18 Å². The van der Waals surface area contributed by atoms with E-state index >= 15 is 0 Å². The van der Waals surface area contributed by atoms with E-state index in [1.807, 2.05) is 6.07 Å². The van der Waals surface area contributed by atoms with E-state index in [1.54, 1.807) is 24.1 Å². The third-order valence-corrected chi connectivity index (χ3v) is 4.32. The van der Waals surface area contributed by atoms with E-state index in [4.69, 9.17) is 4.74 Å². The number of piperidine rings is 1. The van der Waals surface area contributed by atoms with Gasteiger partial charge in [-0.2, -0.15) is 0 Å². The predicted octanol–water partition coefficient (Wildman–Crippen LogP) is 2.15. The van der Waals surface area contributed by atoms with E-state index in [0.29, 0.717) is 13.1 Å². The Kier molecular flexibility index (Phi) is 7.50. The number of methoxy groups -OCH3 is 1. The molecular formula is C18H27FN4O2. The van der Waals surface area contributed by atoms with Gasteiger partial charge in [0.05, 0.1) is 7.11 Å². The molecule has 1 fully saturated rings. The number of guanidine groups is 1. The number of likely N-dealkylation sites (tertiary alicyclic amines) is 1. The highest BCUT2D eigenvalue weighted by molar-refractivity contribution is 5.80. The first-order chi connectivity index (χ1) is 12.1. The minimum absolute atomic E-state index is 0.193. The van der Waals surface area contributed by atoms with Gasteiger partial charge in [0.2, 0.25) is 0 Å². The number of hydrogen-bond acceptors (Lipinski definition) is 3. The summed E-state index contributed by atoms with van der Waals surface area (Å²) in [5.74, 6) is 0.567. The molecule has 2 N–H and O–H groups in total. The van der Waals surface area contributed by atoms with Crippen molar-refractivity contribution in [2.45, 2.75) is 31.7 Å². The number of carbonyl (C=O) groups is 1. The monoisotopic (exact) mass is 350 g/mol. The predicted molar refractivity (Wildman–Crippen MR) is 96.2 cm³/mol. The van der Waals surface area contributed by atoms with Gasteiger partial charge in [-0.3, -0.25) is 4.99 Å². The van der Waals surface area contributed by atoms with E-state index in [0.717, 1.165) is 43.8 Å². The summed E-state index contributed by atoms with van der Waals surface area (Å²) in [5, 5.41) is 6.68. The summed E-state index contributed by atoms with van der Waals surface area (Å²) < 4.78 is 17.9. The molecule has 1 aromatic carbocycles. The van der Waals surface area contributed by atoms with Crippen molar-refractivity contribution in [3.63, 3.8) is 0 Å². The van der Waals surface area contributed by atoms with Crippen molar-refractivity contribution in [1.82, 2.24) is 15.5 Å². The summed E-state index contributed by atoms with van der Waals surface area (Å²) in [6.45, 7) is 2.12. The average molecular weight is 350 g/mol. The molecule has 1 heterocycles. The number of amides is 1. The Bertz CT molecular complexity index is 586. The van der Waals surface area contributed by atoms with Gasteiger partial charge in [-0.15, -0.1) is 0 Å². The summed E-state index contributed by atoms with van der Waals surface area (Å²) >= 11 is 0. The first-order valence-corrected chi connectivity index (χ1v) is 8.67. The Labute approximate surface area is 148 Å². The van der Waals surface area contributed by atoms with Crippen LogP contribution in [-0.2, 0) is 11.2 Å². The van der Waals surface area contributed by atoms with Crippen LogP contribution in [0.25, 0.3) is 0 Å². The Morgan fingerprint density at radius 3 is 2.80 bits per heavy atom. The third kappa shape index (κ3) is 6.25. The molecule has 1 saturated heterocycles. The zero-order valence-electron chi connectivity index (χ0n) is 14.9. The van der Waals surface area contributed by atoms with Gasteiger partial charge in [0, 0.05) is 32.7 Å². The van der Waals surface area contributed by atoms with Gasteiger partial charge >= 0.3 is 6.09 Å². The molecule has 0 radical (unpaired) electrons. The Morgan fingerprint density at radius 2 is 2.16 bits per heavy atom. The summed E-state index contributed by atoms with van der Waals surface area (Å²) in [4.78, 5) is 17.4. The first-order valence-electron chi connectivity index (χ1n) is 8.67. The molecule has 1 amide bonds. The summed E-state index contributed by atoms with van der Waals surface area (Å²) in [6.07, 6.45) is 3.17. The summed E-state index contributed by atoms with van der Waals surface area (Å²) in [5.41, 5.74) is 1.000. The zero-order chi connectivity index (χ0) is 18.1. The van der Waals surface area contributed by atoms with E-state index < -0.39 is 0 Å². The second-order valence-corrected chi connectivity index (χ2v) is 6.11. The maximum Gasteiger partial charge on any atom is 0.409 e. The van der Waals surface area contributed by atoms with E-state index in [1.165, 1.54) is 13.2 Å². The fourth-order valence-electron chi connectivity index (χ4n) is 2.92. The fourth-order valence-corrected chi connectivity index (χ4v) is 2.92. The van der Waals surface area contributed by atoms with Crippen LogP contribution in [0.1, 0.15) is 24.8 Å². The van der Waals surface area contributed by atoms with Crippen LogP contribution in [0.4, 0.5) is 9.18 Å². The molecule has 0 bridgehead atoms. The molecule has 0 unspecified atom stereocenters. The van der Waals surface area contributed by atoms with Crippen molar-refractivity contribution >= 4 is 12.1 Å². The highest BCUT2D eigenvalue weighted by Crippen LogP contribution is 2.11. The number of aliphatic imine (C=N–C) groups is 1. The molecule has 138 valence electrons. The number of benzene rings is 1. The first kappa shape index (κ1) is 19.0. The Balaban J connectivity index is 1.66. The Hall–Kier alpha value is -2.31. The van der Waals surface area contributed by atoms with Gasteiger partial charge < -0.3 is 20.3 Å². The highest BCUT2D eigenvalue weighted by Gasteiger charge is 2.23. The van der Waals surface area contributed by atoms with Crippen molar-refractivity contribution in [2.24, 2.45) is 4.99 Å². The molecule has 1 aliphatic heterocycles. The molecule has 25 heavy (non-hydrogen) atoms. The lowest BCUT2D eigenvalue weighted by molar-refractivity contribution is 0.111. The van der Waals surface area contributed by atoms with Crippen LogP contribution in [-0.4, -0.2) is 56.8 Å². The molecule has 0 saturated carbocycles. The number of nitrogens with zero attached hydrogens (tertiary/aromatic N) is 2. The molecule has 0 aliphatic carbocycles. The standard InChI is InChI=1S/C18H27FN4O2/c1-20-17(21-10-4-6-14-5-3-7-15(19)13-14)22-16-8-11-23(12-9-16)18(24)25-2/h3,5,7,13,16H,4,6,8-12H2,1-2H3,(H2,20,21,22). The molecule has 1 aliphatic rings. The van der Waals surface area contributed by atoms with E-state index in [2.05, 4.69) is 15.6 Å². The van der Waals surface area contributed by atoms with Gasteiger partial charge in [0.15, 0.2) is 5.96 Å². The fraction of sp³-hybridized carbons (Fsp3) is 0.556. The number of halogens is 1. The lowest BCUT2D eigenvalue weighted by Gasteiger charge is -2.32. The molecule has 0 atom stereocenters. The lowest BCUT2D eigenvalue weighted by Crippen LogP contribution is -2.49. The van der Waals surface area contributed by atoms with Crippen LogP contribution in [0.3, 0.4) is 0 Å². The van der Waals surface area contributed by atoms with Crippen molar-refractivity contribution in [2.75, 3.05) is 33.8 Å². The van der Waals surface area contributed by atoms with Crippen LogP contribution < -0.4 is 10.6 Å². The van der Waals surface area contributed by atoms with Crippen molar-refractivity contribution < 1.29 is 13.9 Å². The highest BCUT2D eigenvalue weighted by atomic mass is 19.1. The number of ether oxygens (including phenoxy) is 1. The Morgan fingerprint density at radius 1 is 1.40 bits per heavy atom. The molecule has 1 aromatic rings. The van der Waals surface area contributed by atoms with Gasteiger partial charge in [-0.25, -0.2) is 9.18 Å². The van der Waals surface area contributed by atoms with E-state index in [-0.39, 0.29) is 18.0 Å². The smallest absolute Gasteiger partial charge is 0.409 e. The number of rotatable bonds is 5. The minimum Gasteiger partial charge on any atom is -0.453 e. The second kappa shape index (κ2) is 9.86. The second-order valence-electron chi connectivity index (χ2n) is 6.11. The molecule has 0 aromatic heterocycles. The maximum absolute atomic E-state index is 13.1.